The number of nitro benzene ring substituents is 2. The predicted molar refractivity (Wildman–Crippen MR) is 140 cm³/mol. The van der Waals surface area contributed by atoms with Crippen LogP contribution in [-0.4, -0.2) is 40.7 Å². The molecule has 39 heavy (non-hydrogen) atoms. The first-order valence-electron chi connectivity index (χ1n) is 10.9. The molecular weight excluding hydrogens is 580 g/mol. The van der Waals surface area contributed by atoms with Gasteiger partial charge in [0, 0.05) is 23.2 Å². The Labute approximate surface area is 229 Å². The second kappa shape index (κ2) is 13.0. The van der Waals surface area contributed by atoms with Crippen molar-refractivity contribution in [2.45, 2.75) is 13.5 Å². The Balaban J connectivity index is 1.65. The van der Waals surface area contributed by atoms with E-state index in [0.29, 0.717) is 21.3 Å². The zero-order valence-corrected chi connectivity index (χ0v) is 22.0. The number of hydrogen-bond acceptors (Lipinski definition) is 11. The van der Waals surface area contributed by atoms with E-state index in [1.165, 1.54) is 25.5 Å². The lowest BCUT2D eigenvalue weighted by atomic mass is 10.1. The fourth-order valence-corrected chi connectivity index (χ4v) is 3.59. The first-order chi connectivity index (χ1) is 18.6. The minimum atomic E-state index is -0.783. The minimum Gasteiger partial charge on any atom is -0.467 e. The van der Waals surface area contributed by atoms with Crippen LogP contribution in [0.1, 0.15) is 22.4 Å². The Morgan fingerprint density at radius 2 is 2.00 bits per heavy atom. The highest BCUT2D eigenvalue weighted by Gasteiger charge is 2.21. The number of halogens is 1. The van der Waals surface area contributed by atoms with Crippen molar-refractivity contribution < 1.29 is 28.9 Å². The molecule has 0 bridgehead atoms. The van der Waals surface area contributed by atoms with Gasteiger partial charge in [0.1, 0.15) is 17.4 Å². The van der Waals surface area contributed by atoms with Gasteiger partial charge in [-0.2, -0.15) is 10.4 Å². The molecule has 0 unspecified atom stereocenters. The number of hydrazone groups is 1. The van der Waals surface area contributed by atoms with E-state index in [-0.39, 0.29) is 29.5 Å². The molecule has 3 rings (SSSR count). The maximum Gasteiger partial charge on any atom is 0.318 e. The summed E-state index contributed by atoms with van der Waals surface area (Å²) < 4.78 is 16.7. The first-order valence-corrected chi connectivity index (χ1v) is 11.7. The van der Waals surface area contributed by atoms with Crippen molar-refractivity contribution >= 4 is 39.4 Å². The van der Waals surface area contributed by atoms with Gasteiger partial charge in [-0.3, -0.25) is 25.0 Å². The van der Waals surface area contributed by atoms with Gasteiger partial charge < -0.3 is 14.2 Å². The largest absolute Gasteiger partial charge is 0.467 e. The molecule has 14 nitrogen and oxygen atoms in total. The normalized spacial score (nSPS) is 10.6. The van der Waals surface area contributed by atoms with Crippen LogP contribution < -0.4 is 14.9 Å². The van der Waals surface area contributed by atoms with Crippen LogP contribution >= 0.6 is 15.9 Å². The molecule has 0 saturated carbocycles. The fourth-order valence-electron chi connectivity index (χ4n) is 3.19. The van der Waals surface area contributed by atoms with Gasteiger partial charge in [-0.15, -0.1) is 0 Å². The average molecular weight is 599 g/mol. The molecule has 1 aromatic heterocycles. The minimum absolute atomic E-state index is 0.0189. The molecule has 2 aromatic carbocycles. The first kappa shape index (κ1) is 28.6. The average Bonchev–Trinajstić information content (AvgIpc) is 2.90. The third kappa shape index (κ3) is 7.31. The number of amides is 1. The topological polar surface area (TPSA) is 192 Å². The second-order valence-electron chi connectivity index (χ2n) is 7.64. The number of aryl methyl sites for hydroxylation is 1. The number of methoxy groups -OCH3 is 1. The van der Waals surface area contributed by atoms with E-state index in [0.717, 1.165) is 18.2 Å². The predicted octanol–water partition coefficient (Wildman–Crippen LogP) is 4.31. The van der Waals surface area contributed by atoms with E-state index in [9.17, 15) is 30.3 Å². The van der Waals surface area contributed by atoms with Crippen molar-refractivity contribution in [2.24, 2.45) is 5.10 Å². The number of benzene rings is 2. The maximum absolute atomic E-state index is 12.2. The highest BCUT2D eigenvalue weighted by atomic mass is 79.9. The van der Waals surface area contributed by atoms with Gasteiger partial charge in [-0.05, 0) is 46.6 Å². The number of carbonyl (C=O) groups excluding carboxylic acids is 1. The van der Waals surface area contributed by atoms with Crippen LogP contribution in [0.25, 0.3) is 0 Å². The highest BCUT2D eigenvalue weighted by Crippen LogP contribution is 2.34. The van der Waals surface area contributed by atoms with Crippen LogP contribution in [0.2, 0.25) is 0 Å². The summed E-state index contributed by atoms with van der Waals surface area (Å²) in [4.78, 5) is 37.1. The molecule has 0 aliphatic rings. The molecule has 1 amide bonds. The summed E-state index contributed by atoms with van der Waals surface area (Å²) in [6.07, 6.45) is 1.30. The number of ether oxygens (including phenoxy) is 3. The van der Waals surface area contributed by atoms with Crippen LogP contribution in [0.4, 0.5) is 11.4 Å². The number of nitrogens with one attached hydrogen (secondary N) is 1. The summed E-state index contributed by atoms with van der Waals surface area (Å²) in [7, 11) is 1.48. The molecule has 0 fully saturated rings. The Bertz CT molecular complexity index is 1500. The second-order valence-corrected chi connectivity index (χ2v) is 8.43. The lowest BCUT2D eigenvalue weighted by Gasteiger charge is -2.13. The van der Waals surface area contributed by atoms with E-state index in [1.54, 1.807) is 19.1 Å². The number of nitrogens with zero attached hydrogens (tertiary/aromatic N) is 5. The standard InChI is InChI=1S/C24H19BrN6O8/c1-14-23(25)19(12-37-2)18(10-26)24(28-14)38-13-22(32)29-27-11-15-4-3-5-17(8-15)39-21-7-6-16(30(33)34)9-20(21)31(35)36/h3-9,11H,12-13H2,1-2H3,(H,29,32). The highest BCUT2D eigenvalue weighted by molar-refractivity contribution is 9.10. The van der Waals surface area contributed by atoms with Crippen LogP contribution in [0, 0.1) is 38.5 Å². The summed E-state index contributed by atoms with van der Waals surface area (Å²) in [6.45, 7) is 1.37. The van der Waals surface area contributed by atoms with E-state index in [2.05, 4.69) is 31.4 Å². The molecule has 3 aromatic rings. The summed E-state index contributed by atoms with van der Waals surface area (Å²) >= 11 is 3.37. The third-order valence-electron chi connectivity index (χ3n) is 4.95. The molecule has 0 spiro atoms. The van der Waals surface area contributed by atoms with Gasteiger partial charge in [0.25, 0.3) is 11.6 Å². The number of pyridine rings is 1. The lowest BCUT2D eigenvalue weighted by Crippen LogP contribution is -2.25. The van der Waals surface area contributed by atoms with Crippen molar-refractivity contribution in [1.29, 1.82) is 5.26 Å². The third-order valence-corrected chi connectivity index (χ3v) is 6.00. The summed E-state index contributed by atoms with van der Waals surface area (Å²) in [6, 6.07) is 11.3. The molecule has 0 radical (unpaired) electrons. The SMILES string of the molecule is COCc1c(Br)c(C)nc(OCC(=O)NN=Cc2cccc(Oc3ccc([N+](=O)[O-])cc3[N+](=O)[O-])c2)c1C#N. The van der Waals surface area contributed by atoms with Gasteiger partial charge in [-0.1, -0.05) is 12.1 Å². The molecule has 1 N–H and O–H groups in total. The van der Waals surface area contributed by atoms with Crippen molar-refractivity contribution in [2.75, 3.05) is 13.7 Å². The Morgan fingerprint density at radius 1 is 1.23 bits per heavy atom. The van der Waals surface area contributed by atoms with Crippen molar-refractivity contribution in [3.8, 4) is 23.4 Å². The van der Waals surface area contributed by atoms with Gasteiger partial charge in [0.2, 0.25) is 11.6 Å². The number of carbonyl (C=O) groups is 1. The smallest absolute Gasteiger partial charge is 0.318 e. The van der Waals surface area contributed by atoms with Gasteiger partial charge >= 0.3 is 5.69 Å². The Morgan fingerprint density at radius 3 is 2.67 bits per heavy atom. The molecule has 0 atom stereocenters. The number of aromatic nitrogens is 1. The van der Waals surface area contributed by atoms with E-state index in [4.69, 9.17) is 14.2 Å². The number of hydrogen-bond donors (Lipinski definition) is 1. The molecule has 1 heterocycles. The van der Waals surface area contributed by atoms with Gasteiger partial charge in [0.05, 0.1) is 34.4 Å². The zero-order chi connectivity index (χ0) is 28.5. The molecule has 200 valence electrons. The number of rotatable bonds is 11. The Hall–Kier alpha value is -4.94. The fraction of sp³-hybridized carbons (Fsp3) is 0.167. The van der Waals surface area contributed by atoms with Gasteiger partial charge in [-0.25, -0.2) is 10.4 Å². The molecular formula is C24H19BrN6O8. The number of nitro groups is 2. The van der Waals surface area contributed by atoms with Crippen molar-refractivity contribution in [1.82, 2.24) is 10.4 Å². The monoisotopic (exact) mass is 598 g/mol. The maximum atomic E-state index is 12.2. The summed E-state index contributed by atoms with van der Waals surface area (Å²) in [5.41, 5.74) is 2.97. The van der Waals surface area contributed by atoms with Gasteiger partial charge in [0.15, 0.2) is 6.61 Å². The van der Waals surface area contributed by atoms with Crippen LogP contribution in [-0.2, 0) is 16.1 Å². The van der Waals surface area contributed by atoms with E-state index >= 15 is 0 Å². The summed E-state index contributed by atoms with van der Waals surface area (Å²) in [5.74, 6) is -0.639. The molecule has 0 aliphatic carbocycles. The summed E-state index contributed by atoms with van der Waals surface area (Å²) in [5, 5.41) is 35.6. The number of non-ortho nitro benzene ring substituents is 1. The quantitative estimate of drug-likeness (QED) is 0.189. The van der Waals surface area contributed by atoms with E-state index < -0.39 is 33.7 Å². The van der Waals surface area contributed by atoms with Crippen LogP contribution in [0.3, 0.4) is 0 Å². The number of nitriles is 1. The lowest BCUT2D eigenvalue weighted by molar-refractivity contribution is -0.394. The molecule has 15 heteroatoms. The molecule has 0 saturated heterocycles. The van der Waals surface area contributed by atoms with Crippen molar-refractivity contribution in [3.05, 3.63) is 89.6 Å². The zero-order valence-electron chi connectivity index (χ0n) is 20.4. The Kier molecular flexibility index (Phi) is 9.57. The van der Waals surface area contributed by atoms with Crippen LogP contribution in [0.5, 0.6) is 17.4 Å². The van der Waals surface area contributed by atoms with Crippen molar-refractivity contribution in [3.63, 3.8) is 0 Å². The van der Waals surface area contributed by atoms with E-state index in [1.807, 2.05) is 6.07 Å². The molecule has 0 aliphatic heterocycles. The van der Waals surface area contributed by atoms with Crippen LogP contribution in [0.15, 0.2) is 52.0 Å².